The van der Waals surface area contributed by atoms with Gasteiger partial charge in [0.1, 0.15) is 5.56 Å². The maximum Gasteiger partial charge on any atom is 0.282 e. The molecule has 0 spiro atoms. The number of nitro benzene ring substituents is 1. The van der Waals surface area contributed by atoms with Gasteiger partial charge in [0.25, 0.3) is 11.6 Å². The van der Waals surface area contributed by atoms with Crippen molar-refractivity contribution < 1.29 is 9.72 Å². The topological polar surface area (TPSA) is 72.2 Å². The third-order valence-electron chi connectivity index (χ3n) is 3.59. The van der Waals surface area contributed by atoms with Crippen LogP contribution in [0.4, 0.5) is 11.4 Å². The predicted molar refractivity (Wildman–Crippen MR) is 99.9 cm³/mol. The first-order chi connectivity index (χ1) is 12.6. The molecule has 0 saturated carbocycles. The van der Waals surface area contributed by atoms with Crippen molar-refractivity contribution >= 4 is 17.3 Å². The average molecular weight is 342 g/mol. The van der Waals surface area contributed by atoms with Crippen molar-refractivity contribution in [3.8, 4) is 11.8 Å². The van der Waals surface area contributed by atoms with Gasteiger partial charge in [-0.2, -0.15) is 0 Å². The van der Waals surface area contributed by atoms with Crippen LogP contribution >= 0.6 is 0 Å². The Morgan fingerprint density at radius 3 is 2.27 bits per heavy atom. The maximum atomic E-state index is 12.4. The first-order valence-corrected chi connectivity index (χ1v) is 7.85. The Kier molecular flexibility index (Phi) is 5.06. The van der Waals surface area contributed by atoms with Crippen LogP contribution in [0.15, 0.2) is 78.9 Å². The summed E-state index contributed by atoms with van der Waals surface area (Å²) in [6.45, 7) is 0. The van der Waals surface area contributed by atoms with E-state index in [0.29, 0.717) is 5.69 Å². The summed E-state index contributed by atoms with van der Waals surface area (Å²) in [6, 6.07) is 22.4. The van der Waals surface area contributed by atoms with E-state index in [0.717, 1.165) is 11.1 Å². The number of nitrogens with zero attached hydrogens (tertiary/aromatic N) is 1. The number of carbonyl (C=O) groups is 1. The normalized spacial score (nSPS) is 9.69. The third-order valence-corrected chi connectivity index (χ3v) is 3.59. The number of nitro groups is 1. The average Bonchev–Trinajstić information content (AvgIpc) is 2.67. The van der Waals surface area contributed by atoms with E-state index < -0.39 is 10.8 Å². The number of hydrogen-bond acceptors (Lipinski definition) is 3. The highest BCUT2D eigenvalue weighted by atomic mass is 16.6. The van der Waals surface area contributed by atoms with Crippen molar-refractivity contribution in [3.63, 3.8) is 0 Å². The fourth-order valence-electron chi connectivity index (χ4n) is 2.36. The van der Waals surface area contributed by atoms with Gasteiger partial charge in [-0.05, 0) is 36.4 Å². The van der Waals surface area contributed by atoms with Crippen LogP contribution in [0.3, 0.4) is 0 Å². The molecule has 0 heterocycles. The van der Waals surface area contributed by atoms with E-state index in [-0.39, 0.29) is 11.3 Å². The number of nitrogens with one attached hydrogen (secondary N) is 1. The summed E-state index contributed by atoms with van der Waals surface area (Å²) in [4.78, 5) is 22.9. The number of rotatable bonds is 3. The maximum absolute atomic E-state index is 12.4. The Labute approximate surface area is 150 Å². The highest BCUT2D eigenvalue weighted by molar-refractivity contribution is 6.07. The summed E-state index contributed by atoms with van der Waals surface area (Å²) in [7, 11) is 0. The van der Waals surface area contributed by atoms with Crippen LogP contribution in [-0.4, -0.2) is 10.8 Å². The summed E-state index contributed by atoms with van der Waals surface area (Å²) in [5.74, 6) is 5.54. The molecular formula is C21H14N2O3. The Bertz CT molecular complexity index is 1020. The molecule has 5 nitrogen and oxygen atoms in total. The van der Waals surface area contributed by atoms with Gasteiger partial charge in [-0.1, -0.05) is 48.2 Å². The second kappa shape index (κ2) is 7.77. The standard InChI is InChI=1S/C21H14N2O3/c24-21(19-11-4-5-12-20(19)23(25)26)22-18-10-6-9-17(15-18)14-13-16-7-2-1-3-8-16/h1-12,15H,(H,22,24). The zero-order valence-electron chi connectivity index (χ0n) is 13.7. The molecule has 0 atom stereocenters. The number of benzene rings is 3. The smallest absolute Gasteiger partial charge is 0.282 e. The van der Waals surface area contributed by atoms with E-state index >= 15 is 0 Å². The number of para-hydroxylation sites is 1. The minimum atomic E-state index is -0.573. The van der Waals surface area contributed by atoms with E-state index in [1.807, 2.05) is 36.4 Å². The predicted octanol–water partition coefficient (Wildman–Crippen LogP) is 4.25. The Hall–Kier alpha value is -3.91. The highest BCUT2D eigenvalue weighted by Crippen LogP contribution is 2.19. The molecule has 0 radical (unpaired) electrons. The van der Waals surface area contributed by atoms with E-state index in [1.165, 1.54) is 18.2 Å². The lowest BCUT2D eigenvalue weighted by molar-refractivity contribution is -0.385. The summed E-state index contributed by atoms with van der Waals surface area (Å²) in [5.41, 5.74) is 1.92. The molecule has 5 heteroatoms. The molecule has 1 amide bonds. The highest BCUT2D eigenvalue weighted by Gasteiger charge is 2.19. The van der Waals surface area contributed by atoms with Gasteiger partial charge in [-0.25, -0.2) is 0 Å². The fourth-order valence-corrected chi connectivity index (χ4v) is 2.36. The Morgan fingerprint density at radius 1 is 0.846 bits per heavy atom. The SMILES string of the molecule is O=C(Nc1cccc(C#Cc2ccccc2)c1)c1ccccc1[N+](=O)[O-]. The number of amides is 1. The van der Waals surface area contributed by atoms with E-state index in [2.05, 4.69) is 17.2 Å². The van der Waals surface area contributed by atoms with Crippen LogP contribution in [-0.2, 0) is 0 Å². The molecule has 26 heavy (non-hydrogen) atoms. The Balaban J connectivity index is 1.81. The molecule has 126 valence electrons. The first kappa shape index (κ1) is 16.9. The minimum Gasteiger partial charge on any atom is -0.322 e. The summed E-state index contributed by atoms with van der Waals surface area (Å²) < 4.78 is 0. The monoisotopic (exact) mass is 342 g/mol. The van der Waals surface area contributed by atoms with Gasteiger partial charge in [0.2, 0.25) is 0 Å². The zero-order valence-corrected chi connectivity index (χ0v) is 13.7. The molecule has 3 aromatic rings. The van der Waals surface area contributed by atoms with Crippen LogP contribution in [0.5, 0.6) is 0 Å². The van der Waals surface area contributed by atoms with Crippen LogP contribution < -0.4 is 5.32 Å². The van der Waals surface area contributed by atoms with Gasteiger partial charge in [-0.3, -0.25) is 14.9 Å². The molecule has 0 fully saturated rings. The van der Waals surface area contributed by atoms with E-state index in [4.69, 9.17) is 0 Å². The largest absolute Gasteiger partial charge is 0.322 e. The van der Waals surface area contributed by atoms with Crippen molar-refractivity contribution in [3.05, 3.63) is 106 Å². The van der Waals surface area contributed by atoms with Crippen LogP contribution in [0.25, 0.3) is 0 Å². The number of carbonyl (C=O) groups excluding carboxylic acids is 1. The van der Waals surface area contributed by atoms with Crippen molar-refractivity contribution in [1.82, 2.24) is 0 Å². The molecule has 0 aliphatic rings. The van der Waals surface area contributed by atoms with Gasteiger partial charge >= 0.3 is 0 Å². The second-order valence-corrected chi connectivity index (χ2v) is 5.43. The molecular weight excluding hydrogens is 328 g/mol. The van der Waals surface area contributed by atoms with Crippen molar-refractivity contribution in [2.24, 2.45) is 0 Å². The van der Waals surface area contributed by atoms with Gasteiger partial charge in [0.05, 0.1) is 4.92 Å². The van der Waals surface area contributed by atoms with Gasteiger partial charge in [0.15, 0.2) is 0 Å². The summed E-state index contributed by atoms with van der Waals surface area (Å²) >= 11 is 0. The van der Waals surface area contributed by atoms with E-state index in [1.54, 1.807) is 24.3 Å². The van der Waals surface area contributed by atoms with Gasteiger partial charge in [0, 0.05) is 22.9 Å². The molecule has 0 unspecified atom stereocenters. The van der Waals surface area contributed by atoms with Crippen LogP contribution in [0, 0.1) is 22.0 Å². The van der Waals surface area contributed by atoms with Gasteiger partial charge < -0.3 is 5.32 Å². The summed E-state index contributed by atoms with van der Waals surface area (Å²) in [6.07, 6.45) is 0. The molecule has 0 bridgehead atoms. The number of hydrogen-bond donors (Lipinski definition) is 1. The molecule has 0 aliphatic heterocycles. The molecule has 3 rings (SSSR count). The molecule has 0 saturated heterocycles. The molecule has 0 aliphatic carbocycles. The lowest BCUT2D eigenvalue weighted by Crippen LogP contribution is -2.13. The Morgan fingerprint density at radius 2 is 1.50 bits per heavy atom. The lowest BCUT2D eigenvalue weighted by Gasteiger charge is -2.06. The first-order valence-electron chi connectivity index (χ1n) is 7.85. The van der Waals surface area contributed by atoms with Crippen molar-refractivity contribution in [1.29, 1.82) is 0 Å². The minimum absolute atomic E-state index is 0.0123. The lowest BCUT2D eigenvalue weighted by atomic mass is 10.1. The van der Waals surface area contributed by atoms with Crippen LogP contribution in [0.1, 0.15) is 21.5 Å². The third kappa shape index (κ3) is 4.13. The van der Waals surface area contributed by atoms with Gasteiger partial charge in [-0.15, -0.1) is 0 Å². The van der Waals surface area contributed by atoms with Crippen molar-refractivity contribution in [2.45, 2.75) is 0 Å². The quantitative estimate of drug-likeness (QED) is 0.439. The summed E-state index contributed by atoms with van der Waals surface area (Å²) in [5, 5.41) is 13.7. The zero-order chi connectivity index (χ0) is 18.4. The second-order valence-electron chi connectivity index (χ2n) is 5.43. The van der Waals surface area contributed by atoms with Crippen LogP contribution in [0.2, 0.25) is 0 Å². The molecule has 1 N–H and O–H groups in total. The fraction of sp³-hybridized carbons (Fsp3) is 0. The molecule has 3 aromatic carbocycles. The van der Waals surface area contributed by atoms with Crippen molar-refractivity contribution in [2.75, 3.05) is 5.32 Å². The molecule has 0 aromatic heterocycles. The van der Waals surface area contributed by atoms with E-state index in [9.17, 15) is 14.9 Å². The number of anilines is 1.